The van der Waals surface area contributed by atoms with Crippen molar-refractivity contribution in [2.75, 3.05) is 17.8 Å². The molecule has 2 unspecified atom stereocenters. The number of fused-ring (bicyclic) bond motifs is 5. The molecule has 0 aliphatic carbocycles. The smallest absolute Gasteiger partial charge is 0.290 e. The fourth-order valence-corrected chi connectivity index (χ4v) is 4.79. The quantitative estimate of drug-likeness (QED) is 0.701. The van der Waals surface area contributed by atoms with Crippen molar-refractivity contribution in [1.82, 2.24) is 0 Å². The van der Waals surface area contributed by atoms with Crippen LogP contribution in [0.1, 0.15) is 51.0 Å². The Morgan fingerprint density at radius 3 is 3.05 bits per heavy atom. The first kappa shape index (κ1) is 14.3. The van der Waals surface area contributed by atoms with Gasteiger partial charge in [0, 0.05) is 18.2 Å². The molecule has 1 aromatic carbocycles. The van der Waals surface area contributed by atoms with E-state index in [0.29, 0.717) is 12.0 Å². The second kappa shape index (κ2) is 6.43. The third kappa shape index (κ3) is 2.72. The van der Waals surface area contributed by atoms with Crippen molar-refractivity contribution in [3.8, 4) is 0 Å². The van der Waals surface area contributed by atoms with Gasteiger partial charge in [0.1, 0.15) is 0 Å². The Morgan fingerprint density at radius 2 is 2.25 bits per heavy atom. The van der Waals surface area contributed by atoms with Crippen LogP contribution in [0.3, 0.4) is 0 Å². The standard InChI is InChI=1S/C16H24NO2P/c1-3-5-8-14(4-2)19-20-17-11-13(12-18-20)15-9-6-7-10-16(15)17/h6-7,9-10,13-14H,3-5,8,11-12H2,1-2H3/t13-,14?,20?/m0/s1. The zero-order valence-corrected chi connectivity index (χ0v) is 13.3. The molecular weight excluding hydrogens is 269 g/mol. The lowest BCUT2D eigenvalue weighted by Crippen LogP contribution is -2.27. The highest BCUT2D eigenvalue weighted by atomic mass is 31.2. The summed E-state index contributed by atoms with van der Waals surface area (Å²) >= 11 is 0. The largest absolute Gasteiger partial charge is 0.317 e. The van der Waals surface area contributed by atoms with Gasteiger partial charge in [-0.15, -0.1) is 0 Å². The molecule has 3 atom stereocenters. The number of anilines is 1. The summed E-state index contributed by atoms with van der Waals surface area (Å²) in [6.45, 7) is 6.31. The molecule has 4 heteroatoms. The van der Waals surface area contributed by atoms with E-state index in [0.717, 1.165) is 26.0 Å². The van der Waals surface area contributed by atoms with Gasteiger partial charge in [-0.25, -0.2) is 0 Å². The van der Waals surface area contributed by atoms with E-state index in [1.165, 1.54) is 24.1 Å². The maximum Gasteiger partial charge on any atom is 0.290 e. The molecule has 2 bridgehead atoms. The van der Waals surface area contributed by atoms with Crippen molar-refractivity contribution in [2.45, 2.75) is 51.6 Å². The molecule has 0 amide bonds. The minimum Gasteiger partial charge on any atom is -0.317 e. The zero-order chi connectivity index (χ0) is 13.9. The summed E-state index contributed by atoms with van der Waals surface area (Å²) in [4.78, 5) is 0. The van der Waals surface area contributed by atoms with Crippen molar-refractivity contribution < 1.29 is 9.05 Å². The van der Waals surface area contributed by atoms with E-state index >= 15 is 0 Å². The second-order valence-electron chi connectivity index (χ2n) is 5.65. The Labute approximate surface area is 123 Å². The summed E-state index contributed by atoms with van der Waals surface area (Å²) in [6.07, 6.45) is 5.02. The van der Waals surface area contributed by atoms with Crippen LogP contribution >= 0.6 is 8.53 Å². The number of benzene rings is 1. The van der Waals surface area contributed by atoms with Crippen LogP contribution in [0.25, 0.3) is 0 Å². The Morgan fingerprint density at radius 1 is 1.40 bits per heavy atom. The normalized spacial score (nSPS) is 25.6. The topological polar surface area (TPSA) is 21.7 Å². The number of hydrogen-bond donors (Lipinski definition) is 0. The number of para-hydroxylation sites is 1. The molecule has 20 heavy (non-hydrogen) atoms. The highest BCUT2D eigenvalue weighted by molar-refractivity contribution is 7.49. The van der Waals surface area contributed by atoms with Crippen LogP contribution in [-0.4, -0.2) is 19.3 Å². The highest BCUT2D eigenvalue weighted by Gasteiger charge is 2.40. The third-order valence-corrected chi connectivity index (χ3v) is 5.83. The Kier molecular flexibility index (Phi) is 4.60. The van der Waals surface area contributed by atoms with Crippen LogP contribution < -0.4 is 4.67 Å². The Balaban J connectivity index is 1.70. The lowest BCUT2D eigenvalue weighted by Gasteiger charge is -2.34. The first-order chi connectivity index (χ1) is 9.83. The fraction of sp³-hybridized carbons (Fsp3) is 0.625. The molecule has 2 aliphatic heterocycles. The van der Waals surface area contributed by atoms with Crippen LogP contribution in [0.5, 0.6) is 0 Å². The Bertz CT molecular complexity index is 454. The van der Waals surface area contributed by atoms with Gasteiger partial charge >= 0.3 is 0 Å². The van der Waals surface area contributed by atoms with Gasteiger partial charge in [-0.3, -0.25) is 0 Å². The van der Waals surface area contributed by atoms with Gasteiger partial charge in [-0.1, -0.05) is 44.9 Å². The molecule has 1 saturated heterocycles. The molecular formula is C16H24NO2P. The van der Waals surface area contributed by atoms with Gasteiger partial charge in [0.05, 0.1) is 12.7 Å². The average Bonchev–Trinajstić information content (AvgIpc) is 2.80. The van der Waals surface area contributed by atoms with Crippen LogP contribution in [-0.2, 0) is 9.05 Å². The minimum atomic E-state index is -0.909. The van der Waals surface area contributed by atoms with E-state index in [1.807, 2.05) is 0 Å². The van der Waals surface area contributed by atoms with Crippen molar-refractivity contribution in [3.63, 3.8) is 0 Å². The van der Waals surface area contributed by atoms with Crippen LogP contribution in [0.15, 0.2) is 24.3 Å². The Hall–Kier alpha value is -0.630. The van der Waals surface area contributed by atoms with E-state index in [1.54, 1.807) is 0 Å². The van der Waals surface area contributed by atoms with E-state index in [4.69, 9.17) is 9.05 Å². The average molecular weight is 293 g/mol. The van der Waals surface area contributed by atoms with Crippen LogP contribution in [0.2, 0.25) is 0 Å². The number of nitrogens with zero attached hydrogens (tertiary/aromatic N) is 1. The minimum absolute atomic E-state index is 0.338. The van der Waals surface area contributed by atoms with Gasteiger partial charge in [0.15, 0.2) is 0 Å². The number of rotatable bonds is 6. The maximum atomic E-state index is 6.30. The van der Waals surface area contributed by atoms with E-state index in [-0.39, 0.29) is 0 Å². The first-order valence-electron chi connectivity index (χ1n) is 7.79. The zero-order valence-electron chi connectivity index (χ0n) is 12.4. The molecule has 0 aromatic heterocycles. The summed E-state index contributed by atoms with van der Waals surface area (Å²) < 4.78 is 14.7. The summed E-state index contributed by atoms with van der Waals surface area (Å²) in [7, 11) is -0.909. The number of unbranched alkanes of at least 4 members (excludes halogenated alkanes) is 1. The van der Waals surface area contributed by atoms with E-state index < -0.39 is 8.53 Å². The molecule has 1 fully saturated rings. The molecule has 1 aromatic rings. The van der Waals surface area contributed by atoms with Gasteiger partial charge in [-0.05, 0) is 24.5 Å². The van der Waals surface area contributed by atoms with Gasteiger partial charge < -0.3 is 13.7 Å². The van der Waals surface area contributed by atoms with Crippen LogP contribution in [0.4, 0.5) is 5.69 Å². The predicted molar refractivity (Wildman–Crippen MR) is 84.1 cm³/mol. The molecule has 0 spiro atoms. The highest BCUT2D eigenvalue weighted by Crippen LogP contribution is 2.57. The predicted octanol–water partition coefficient (Wildman–Crippen LogP) is 4.83. The molecule has 0 saturated carbocycles. The molecule has 0 N–H and O–H groups in total. The summed E-state index contributed by atoms with van der Waals surface area (Å²) in [5.41, 5.74) is 2.76. The van der Waals surface area contributed by atoms with Crippen molar-refractivity contribution in [1.29, 1.82) is 0 Å². The molecule has 110 valence electrons. The summed E-state index contributed by atoms with van der Waals surface area (Å²) in [5.74, 6) is 0.532. The van der Waals surface area contributed by atoms with E-state index in [2.05, 4.69) is 42.8 Å². The monoisotopic (exact) mass is 293 g/mol. The molecule has 0 radical (unpaired) electrons. The first-order valence-corrected chi connectivity index (χ1v) is 8.92. The lowest BCUT2D eigenvalue weighted by atomic mass is 10.0. The molecule has 3 rings (SSSR count). The number of hydrogen-bond acceptors (Lipinski definition) is 3. The fourth-order valence-electron chi connectivity index (χ4n) is 2.97. The third-order valence-electron chi connectivity index (χ3n) is 4.21. The molecule has 2 heterocycles. The SMILES string of the molecule is CCCCC(CC)OP1OC[C@@H]2CN1c1ccccc12. The van der Waals surface area contributed by atoms with Gasteiger partial charge in [0.2, 0.25) is 0 Å². The molecule has 2 aliphatic rings. The van der Waals surface area contributed by atoms with Crippen molar-refractivity contribution >= 4 is 14.2 Å². The van der Waals surface area contributed by atoms with Crippen LogP contribution in [0, 0.1) is 0 Å². The van der Waals surface area contributed by atoms with Gasteiger partial charge in [0.25, 0.3) is 8.53 Å². The summed E-state index contributed by atoms with van der Waals surface area (Å²) in [5, 5.41) is 0. The van der Waals surface area contributed by atoms with Crippen molar-refractivity contribution in [2.24, 2.45) is 0 Å². The summed E-state index contributed by atoms with van der Waals surface area (Å²) in [6, 6.07) is 8.67. The van der Waals surface area contributed by atoms with E-state index in [9.17, 15) is 0 Å². The second-order valence-corrected chi connectivity index (χ2v) is 7.08. The maximum absolute atomic E-state index is 6.30. The molecule has 3 nitrogen and oxygen atoms in total. The van der Waals surface area contributed by atoms with Crippen molar-refractivity contribution in [3.05, 3.63) is 29.8 Å². The lowest BCUT2D eigenvalue weighted by molar-refractivity contribution is 0.153. The van der Waals surface area contributed by atoms with Gasteiger partial charge in [-0.2, -0.15) is 0 Å².